The Hall–Kier alpha value is -3.02. The molecule has 2 aromatic carbocycles. The maximum atomic E-state index is 13.0. The lowest BCUT2D eigenvalue weighted by atomic mass is 10.1. The Bertz CT molecular complexity index is 1090. The summed E-state index contributed by atoms with van der Waals surface area (Å²) in [5.74, 6) is -0.426. The van der Waals surface area contributed by atoms with E-state index in [1.807, 2.05) is 0 Å². The molecular formula is C20H22N2O8S. The molecule has 1 aliphatic rings. The molecule has 0 bridgehead atoms. The average molecular weight is 450 g/mol. The van der Waals surface area contributed by atoms with Gasteiger partial charge >= 0.3 is 5.97 Å². The number of sulfonamides is 1. The van der Waals surface area contributed by atoms with Crippen LogP contribution in [0.2, 0.25) is 0 Å². The molecule has 0 atom stereocenters. The van der Waals surface area contributed by atoms with Gasteiger partial charge in [-0.1, -0.05) is 6.07 Å². The first-order valence-corrected chi connectivity index (χ1v) is 10.8. The van der Waals surface area contributed by atoms with E-state index in [9.17, 15) is 23.3 Å². The van der Waals surface area contributed by atoms with Gasteiger partial charge in [0.1, 0.15) is 12.4 Å². The minimum Gasteiger partial charge on any atom is -0.496 e. The summed E-state index contributed by atoms with van der Waals surface area (Å²) in [6.45, 7) is 2.47. The Kier molecular flexibility index (Phi) is 6.88. The zero-order valence-corrected chi connectivity index (χ0v) is 17.9. The molecule has 1 saturated heterocycles. The fraction of sp³-hybridized carbons (Fsp3) is 0.350. The van der Waals surface area contributed by atoms with Crippen molar-refractivity contribution in [2.75, 3.05) is 33.4 Å². The first-order valence-electron chi connectivity index (χ1n) is 9.41. The van der Waals surface area contributed by atoms with Crippen molar-refractivity contribution in [2.24, 2.45) is 0 Å². The fourth-order valence-corrected chi connectivity index (χ4v) is 4.81. The first kappa shape index (κ1) is 22.7. The smallest absolute Gasteiger partial charge is 0.338 e. The lowest BCUT2D eigenvalue weighted by molar-refractivity contribution is -0.385. The van der Waals surface area contributed by atoms with Gasteiger partial charge in [-0.05, 0) is 30.7 Å². The number of hydrogen-bond acceptors (Lipinski definition) is 8. The highest BCUT2D eigenvalue weighted by Crippen LogP contribution is 2.26. The number of nitrogens with zero attached hydrogens (tertiary/aromatic N) is 2. The number of methoxy groups -OCH3 is 1. The summed E-state index contributed by atoms with van der Waals surface area (Å²) in [4.78, 5) is 23.0. The molecule has 1 fully saturated rings. The second-order valence-corrected chi connectivity index (χ2v) is 8.73. The monoisotopic (exact) mass is 450 g/mol. The van der Waals surface area contributed by atoms with Gasteiger partial charge in [-0.25, -0.2) is 13.2 Å². The summed E-state index contributed by atoms with van der Waals surface area (Å²) in [5, 5.41) is 11.0. The zero-order valence-electron chi connectivity index (χ0n) is 17.1. The number of ether oxygens (including phenoxy) is 3. The molecule has 0 amide bonds. The molecule has 166 valence electrons. The highest BCUT2D eigenvalue weighted by Gasteiger charge is 2.28. The van der Waals surface area contributed by atoms with E-state index < -0.39 is 20.9 Å². The second kappa shape index (κ2) is 9.41. The van der Waals surface area contributed by atoms with Crippen molar-refractivity contribution in [3.8, 4) is 5.75 Å². The lowest BCUT2D eigenvalue weighted by Gasteiger charge is -2.26. The Morgan fingerprint density at radius 1 is 1.19 bits per heavy atom. The number of benzene rings is 2. The maximum Gasteiger partial charge on any atom is 0.338 e. The van der Waals surface area contributed by atoms with E-state index in [1.165, 1.54) is 47.8 Å². The van der Waals surface area contributed by atoms with E-state index in [0.29, 0.717) is 30.1 Å². The van der Waals surface area contributed by atoms with Gasteiger partial charge in [0.2, 0.25) is 10.0 Å². The van der Waals surface area contributed by atoms with Crippen molar-refractivity contribution in [1.82, 2.24) is 4.31 Å². The molecule has 2 aromatic rings. The van der Waals surface area contributed by atoms with Crippen LogP contribution in [-0.2, 0) is 26.1 Å². The molecule has 0 unspecified atom stereocenters. The molecule has 1 aliphatic heterocycles. The Morgan fingerprint density at radius 2 is 1.90 bits per heavy atom. The van der Waals surface area contributed by atoms with Crippen LogP contribution < -0.4 is 4.74 Å². The predicted molar refractivity (Wildman–Crippen MR) is 110 cm³/mol. The molecule has 0 N–H and O–H groups in total. The minimum atomic E-state index is -3.79. The zero-order chi connectivity index (χ0) is 22.6. The van der Waals surface area contributed by atoms with Gasteiger partial charge in [-0.2, -0.15) is 4.31 Å². The van der Waals surface area contributed by atoms with Crippen LogP contribution in [-0.4, -0.2) is 57.0 Å². The molecular weight excluding hydrogens is 428 g/mol. The summed E-state index contributed by atoms with van der Waals surface area (Å²) in [6.07, 6.45) is 0. The van der Waals surface area contributed by atoms with Crippen molar-refractivity contribution in [2.45, 2.75) is 18.4 Å². The topological polar surface area (TPSA) is 125 Å². The van der Waals surface area contributed by atoms with Gasteiger partial charge in [-0.3, -0.25) is 10.1 Å². The van der Waals surface area contributed by atoms with Crippen molar-refractivity contribution < 1.29 is 32.3 Å². The van der Waals surface area contributed by atoms with Crippen molar-refractivity contribution in [3.05, 3.63) is 63.2 Å². The highest BCUT2D eigenvalue weighted by molar-refractivity contribution is 7.89. The molecule has 11 heteroatoms. The van der Waals surface area contributed by atoms with Crippen molar-refractivity contribution >= 4 is 21.7 Å². The second-order valence-electron chi connectivity index (χ2n) is 6.83. The third-order valence-corrected chi connectivity index (χ3v) is 6.89. The molecule has 31 heavy (non-hydrogen) atoms. The Morgan fingerprint density at radius 3 is 2.55 bits per heavy atom. The summed E-state index contributed by atoms with van der Waals surface area (Å²) in [6, 6.07) is 8.26. The van der Waals surface area contributed by atoms with E-state index in [1.54, 1.807) is 6.92 Å². The van der Waals surface area contributed by atoms with Crippen LogP contribution in [0.3, 0.4) is 0 Å². The van der Waals surface area contributed by atoms with Crippen LogP contribution in [0.15, 0.2) is 41.3 Å². The van der Waals surface area contributed by atoms with Crippen LogP contribution in [0, 0.1) is 17.0 Å². The molecule has 1 heterocycles. The number of carbonyl (C=O) groups excluding carboxylic acids is 1. The largest absolute Gasteiger partial charge is 0.496 e. The van der Waals surface area contributed by atoms with Crippen molar-refractivity contribution in [3.63, 3.8) is 0 Å². The summed E-state index contributed by atoms with van der Waals surface area (Å²) in [5.41, 5.74) is 0.713. The number of esters is 1. The van der Waals surface area contributed by atoms with Gasteiger partial charge in [0, 0.05) is 30.8 Å². The fourth-order valence-electron chi connectivity index (χ4n) is 3.15. The quantitative estimate of drug-likeness (QED) is 0.357. The standard InChI is InChI=1S/C20H22N2O8S/c1-14-3-4-15(12-19(14)31(26,27)21-7-9-29-10-8-21)20(23)30-13-16-11-17(22(24)25)5-6-18(16)28-2/h3-6,11-12H,7-10,13H2,1-2H3. The first-order chi connectivity index (χ1) is 14.7. The molecule has 10 nitrogen and oxygen atoms in total. The van der Waals surface area contributed by atoms with Crippen LogP contribution >= 0.6 is 0 Å². The number of aryl methyl sites for hydroxylation is 1. The van der Waals surface area contributed by atoms with Crippen LogP contribution in [0.4, 0.5) is 5.69 Å². The van der Waals surface area contributed by atoms with Crippen LogP contribution in [0.5, 0.6) is 5.75 Å². The number of non-ortho nitro benzene ring substituents is 1. The average Bonchev–Trinajstić information content (AvgIpc) is 2.77. The Labute approximate surface area is 179 Å². The molecule has 0 saturated carbocycles. The van der Waals surface area contributed by atoms with Crippen LogP contribution in [0.25, 0.3) is 0 Å². The normalized spacial score (nSPS) is 14.8. The molecule has 0 radical (unpaired) electrons. The SMILES string of the molecule is COc1ccc([N+](=O)[O-])cc1COC(=O)c1ccc(C)c(S(=O)(=O)N2CCOCC2)c1. The third kappa shape index (κ3) is 5.01. The van der Waals surface area contributed by atoms with Gasteiger partial charge in [0.25, 0.3) is 5.69 Å². The Balaban J connectivity index is 1.81. The number of carbonyl (C=O) groups is 1. The number of nitro benzene ring substituents is 1. The highest BCUT2D eigenvalue weighted by atomic mass is 32.2. The molecule has 3 rings (SSSR count). The molecule has 0 aromatic heterocycles. The van der Waals surface area contributed by atoms with E-state index in [4.69, 9.17) is 14.2 Å². The summed E-state index contributed by atoms with van der Waals surface area (Å²) >= 11 is 0. The number of morpholine rings is 1. The summed E-state index contributed by atoms with van der Waals surface area (Å²) in [7, 11) is -2.39. The van der Waals surface area contributed by atoms with Gasteiger partial charge < -0.3 is 14.2 Å². The number of rotatable bonds is 7. The van der Waals surface area contributed by atoms with Gasteiger partial charge in [-0.15, -0.1) is 0 Å². The predicted octanol–water partition coefficient (Wildman–Crippen LogP) is 2.29. The molecule has 0 spiro atoms. The van der Waals surface area contributed by atoms with Crippen LogP contribution in [0.1, 0.15) is 21.5 Å². The number of hydrogen-bond donors (Lipinski definition) is 0. The summed E-state index contributed by atoms with van der Waals surface area (Å²) < 4.78 is 42.9. The third-order valence-electron chi connectivity index (χ3n) is 4.85. The van der Waals surface area contributed by atoms with E-state index >= 15 is 0 Å². The van der Waals surface area contributed by atoms with Gasteiger partial charge in [0.05, 0.1) is 35.7 Å². The molecule has 0 aliphatic carbocycles. The van der Waals surface area contributed by atoms with E-state index in [0.717, 1.165) is 0 Å². The lowest BCUT2D eigenvalue weighted by Crippen LogP contribution is -2.40. The van der Waals surface area contributed by atoms with E-state index in [2.05, 4.69) is 0 Å². The maximum absolute atomic E-state index is 13.0. The minimum absolute atomic E-state index is 0.0248. The van der Waals surface area contributed by atoms with E-state index in [-0.39, 0.29) is 35.8 Å². The van der Waals surface area contributed by atoms with Crippen molar-refractivity contribution in [1.29, 1.82) is 0 Å². The number of nitro groups is 1. The van der Waals surface area contributed by atoms with Gasteiger partial charge in [0.15, 0.2) is 0 Å².